The molecule has 2 aliphatic heterocycles. The number of esters is 1. The van der Waals surface area contributed by atoms with Crippen LogP contribution in [-0.2, 0) is 31.2 Å². The number of amides is 1. The standard InChI is InChI=1S/C26H25NO5/c1-3-30-24(28)19-15-26(32-23(19)22-9-6-14-31-22)20-7-4-5-8-21(20)27(25(26)29)16-18-12-10-17(2)11-13-18/h4-14,19,23H,3,15-16H2,1-2H3/t19?,23-,26+/m1/s1. The van der Waals surface area contributed by atoms with Crippen LogP contribution in [0, 0.1) is 12.8 Å². The third-order valence-corrected chi connectivity index (χ3v) is 6.30. The number of carbonyl (C=O) groups excluding carboxylic acids is 2. The van der Waals surface area contributed by atoms with E-state index >= 15 is 0 Å². The zero-order valence-corrected chi connectivity index (χ0v) is 18.1. The first-order valence-corrected chi connectivity index (χ1v) is 10.9. The lowest BCUT2D eigenvalue weighted by atomic mass is 9.86. The van der Waals surface area contributed by atoms with E-state index in [9.17, 15) is 9.59 Å². The predicted octanol–water partition coefficient (Wildman–Crippen LogP) is 4.67. The van der Waals surface area contributed by atoms with Gasteiger partial charge in [0.2, 0.25) is 0 Å². The number of fused-ring (bicyclic) bond motifs is 2. The molecule has 0 aliphatic carbocycles. The Morgan fingerprint density at radius 3 is 2.62 bits per heavy atom. The van der Waals surface area contributed by atoms with Crippen molar-refractivity contribution in [1.29, 1.82) is 0 Å². The molecule has 1 saturated heterocycles. The van der Waals surface area contributed by atoms with Crippen LogP contribution in [0.2, 0.25) is 0 Å². The van der Waals surface area contributed by atoms with Crippen LogP contribution in [0.15, 0.2) is 71.3 Å². The van der Waals surface area contributed by atoms with E-state index in [0.717, 1.165) is 22.4 Å². The molecule has 3 aromatic rings. The van der Waals surface area contributed by atoms with Gasteiger partial charge in [-0.25, -0.2) is 0 Å². The van der Waals surface area contributed by atoms with Crippen LogP contribution in [0.4, 0.5) is 5.69 Å². The molecule has 3 heterocycles. The lowest BCUT2D eigenvalue weighted by molar-refractivity contribution is -0.152. The summed E-state index contributed by atoms with van der Waals surface area (Å²) in [4.78, 5) is 28.5. The van der Waals surface area contributed by atoms with Crippen LogP contribution < -0.4 is 4.90 Å². The largest absolute Gasteiger partial charge is 0.467 e. The van der Waals surface area contributed by atoms with E-state index in [1.807, 2.05) is 55.5 Å². The fourth-order valence-electron chi connectivity index (χ4n) is 4.77. The number of nitrogens with zero attached hydrogens (tertiary/aromatic N) is 1. The highest BCUT2D eigenvalue weighted by atomic mass is 16.6. The second-order valence-electron chi connectivity index (χ2n) is 8.34. The van der Waals surface area contributed by atoms with Crippen molar-refractivity contribution in [2.24, 2.45) is 5.92 Å². The average molecular weight is 431 g/mol. The van der Waals surface area contributed by atoms with E-state index in [1.165, 1.54) is 0 Å². The molecule has 5 rings (SSSR count). The van der Waals surface area contributed by atoms with Gasteiger partial charge in [-0.15, -0.1) is 0 Å². The average Bonchev–Trinajstić information content (AvgIpc) is 3.51. The topological polar surface area (TPSA) is 69.0 Å². The predicted molar refractivity (Wildman–Crippen MR) is 118 cm³/mol. The number of aryl methyl sites for hydroxylation is 1. The third-order valence-electron chi connectivity index (χ3n) is 6.30. The minimum Gasteiger partial charge on any atom is -0.467 e. The van der Waals surface area contributed by atoms with Crippen LogP contribution in [0.1, 0.15) is 41.9 Å². The number of carbonyl (C=O) groups is 2. The lowest BCUT2D eigenvalue weighted by Gasteiger charge is -2.24. The smallest absolute Gasteiger partial charge is 0.312 e. The SMILES string of the molecule is CCOC(=O)C1C[C@@]2(O[C@H]1c1ccco1)C(=O)N(Cc1ccc(C)cc1)c1ccccc12. The molecule has 1 fully saturated rings. The van der Waals surface area contributed by atoms with E-state index in [1.54, 1.807) is 30.2 Å². The fraction of sp³-hybridized carbons (Fsp3) is 0.308. The molecule has 3 atom stereocenters. The maximum Gasteiger partial charge on any atom is 0.312 e. The summed E-state index contributed by atoms with van der Waals surface area (Å²) in [5.74, 6) is -0.671. The molecule has 2 aromatic carbocycles. The molecule has 2 aliphatic rings. The van der Waals surface area contributed by atoms with Gasteiger partial charge in [0.1, 0.15) is 11.9 Å². The summed E-state index contributed by atoms with van der Waals surface area (Å²) in [5, 5.41) is 0. The second kappa shape index (κ2) is 7.95. The first-order valence-electron chi connectivity index (χ1n) is 10.9. The lowest BCUT2D eigenvalue weighted by Crippen LogP contribution is -2.40. The van der Waals surface area contributed by atoms with Crippen LogP contribution in [-0.4, -0.2) is 18.5 Å². The first kappa shape index (κ1) is 20.5. The van der Waals surface area contributed by atoms with Gasteiger partial charge >= 0.3 is 5.97 Å². The summed E-state index contributed by atoms with van der Waals surface area (Å²) in [6, 6.07) is 19.3. The van der Waals surface area contributed by atoms with Gasteiger partial charge in [-0.05, 0) is 37.6 Å². The van der Waals surface area contributed by atoms with E-state index in [2.05, 4.69) is 0 Å². The maximum atomic E-state index is 13.9. The molecule has 0 N–H and O–H groups in total. The highest BCUT2D eigenvalue weighted by molar-refractivity contribution is 6.07. The third kappa shape index (κ3) is 3.22. The van der Waals surface area contributed by atoms with Gasteiger partial charge in [-0.1, -0.05) is 48.0 Å². The molecule has 32 heavy (non-hydrogen) atoms. The number of benzene rings is 2. The summed E-state index contributed by atoms with van der Waals surface area (Å²) in [6.07, 6.45) is 1.05. The van der Waals surface area contributed by atoms with Gasteiger partial charge in [0.25, 0.3) is 5.91 Å². The van der Waals surface area contributed by atoms with Crippen molar-refractivity contribution in [1.82, 2.24) is 0 Å². The summed E-state index contributed by atoms with van der Waals surface area (Å²) in [5.41, 5.74) is 2.52. The minimum absolute atomic E-state index is 0.164. The highest BCUT2D eigenvalue weighted by Crippen LogP contribution is 2.56. The van der Waals surface area contributed by atoms with Crippen LogP contribution in [0.5, 0.6) is 0 Å². The van der Waals surface area contributed by atoms with Gasteiger partial charge < -0.3 is 18.8 Å². The Labute approximate surface area is 186 Å². The Hall–Kier alpha value is -3.38. The molecule has 6 heteroatoms. The van der Waals surface area contributed by atoms with Crippen molar-refractivity contribution in [2.75, 3.05) is 11.5 Å². The Bertz CT molecular complexity index is 1140. The van der Waals surface area contributed by atoms with Crippen molar-refractivity contribution >= 4 is 17.6 Å². The summed E-state index contributed by atoms with van der Waals surface area (Å²) in [7, 11) is 0. The molecule has 1 unspecified atom stereocenters. The van der Waals surface area contributed by atoms with Gasteiger partial charge in [-0.2, -0.15) is 0 Å². The number of ether oxygens (including phenoxy) is 2. The number of rotatable bonds is 5. The van der Waals surface area contributed by atoms with E-state index in [-0.39, 0.29) is 24.9 Å². The van der Waals surface area contributed by atoms with E-state index in [4.69, 9.17) is 13.9 Å². The monoisotopic (exact) mass is 431 g/mol. The van der Waals surface area contributed by atoms with Crippen LogP contribution in [0.3, 0.4) is 0 Å². The molecule has 1 amide bonds. The van der Waals surface area contributed by atoms with Crippen LogP contribution in [0.25, 0.3) is 0 Å². The molecule has 0 bridgehead atoms. The zero-order chi connectivity index (χ0) is 22.3. The van der Waals surface area contributed by atoms with Crippen molar-refractivity contribution in [3.05, 3.63) is 89.4 Å². The second-order valence-corrected chi connectivity index (χ2v) is 8.34. The van der Waals surface area contributed by atoms with Crippen molar-refractivity contribution in [3.63, 3.8) is 0 Å². The number of furan rings is 1. The highest BCUT2D eigenvalue weighted by Gasteiger charge is 2.61. The Morgan fingerprint density at radius 2 is 1.91 bits per heavy atom. The molecular weight excluding hydrogens is 406 g/mol. The van der Waals surface area contributed by atoms with Gasteiger partial charge in [0.05, 0.1) is 31.0 Å². The van der Waals surface area contributed by atoms with E-state index < -0.39 is 17.6 Å². The molecule has 0 saturated carbocycles. The number of para-hydroxylation sites is 1. The minimum atomic E-state index is -1.25. The molecule has 1 aromatic heterocycles. The number of anilines is 1. The van der Waals surface area contributed by atoms with Gasteiger partial charge in [-0.3, -0.25) is 9.59 Å². The first-order chi connectivity index (χ1) is 15.5. The summed E-state index contributed by atoms with van der Waals surface area (Å²) < 4.78 is 17.4. The van der Waals surface area contributed by atoms with E-state index in [0.29, 0.717) is 12.3 Å². The number of hydrogen-bond donors (Lipinski definition) is 0. The maximum absolute atomic E-state index is 13.9. The molecular formula is C26H25NO5. The summed E-state index contributed by atoms with van der Waals surface area (Å²) in [6.45, 7) is 4.49. The quantitative estimate of drug-likeness (QED) is 0.549. The Morgan fingerprint density at radius 1 is 1.12 bits per heavy atom. The van der Waals surface area contributed by atoms with Crippen LogP contribution >= 0.6 is 0 Å². The van der Waals surface area contributed by atoms with Crippen molar-refractivity contribution in [2.45, 2.75) is 38.5 Å². The molecule has 164 valence electrons. The van der Waals surface area contributed by atoms with Gasteiger partial charge in [0.15, 0.2) is 5.60 Å². The summed E-state index contributed by atoms with van der Waals surface area (Å²) >= 11 is 0. The normalized spacial score (nSPS) is 24.2. The van der Waals surface area contributed by atoms with Gasteiger partial charge in [0, 0.05) is 12.0 Å². The fourth-order valence-corrected chi connectivity index (χ4v) is 4.77. The van der Waals surface area contributed by atoms with Crippen molar-refractivity contribution < 1.29 is 23.5 Å². The molecule has 0 radical (unpaired) electrons. The Kier molecular flexibility index (Phi) is 5.10. The zero-order valence-electron chi connectivity index (χ0n) is 18.1. The Balaban J connectivity index is 1.55. The van der Waals surface area contributed by atoms with Crippen molar-refractivity contribution in [3.8, 4) is 0 Å². The molecule has 1 spiro atoms. The molecule has 6 nitrogen and oxygen atoms in total. The number of hydrogen-bond acceptors (Lipinski definition) is 5.